The number of hydrogen-bond donors (Lipinski definition) is 1. The monoisotopic (exact) mass is 207 g/mol. The van der Waals surface area contributed by atoms with Gasteiger partial charge in [-0.2, -0.15) is 5.26 Å². The number of likely N-dealkylation sites (tertiary alicyclic amines) is 1. The Morgan fingerprint density at radius 2 is 2.33 bits per heavy atom. The van der Waals surface area contributed by atoms with Crippen molar-refractivity contribution in [1.29, 1.82) is 5.26 Å². The molecule has 1 aliphatic carbocycles. The minimum absolute atomic E-state index is 0.0449. The molecule has 1 atom stereocenters. The fourth-order valence-electron chi connectivity index (χ4n) is 2.30. The molecule has 4 heteroatoms. The van der Waals surface area contributed by atoms with E-state index in [2.05, 4.69) is 23.3 Å². The minimum atomic E-state index is -0.693. The maximum Gasteiger partial charge on any atom is 0.240 e. The number of hydrogen-bond acceptors (Lipinski definition) is 3. The van der Waals surface area contributed by atoms with Gasteiger partial charge in [0.25, 0.3) is 0 Å². The Balaban J connectivity index is 1.90. The summed E-state index contributed by atoms with van der Waals surface area (Å²) in [7, 11) is 2.05. The third-order valence-electron chi connectivity index (χ3n) is 3.58. The van der Waals surface area contributed by atoms with Gasteiger partial charge >= 0.3 is 0 Å². The second kappa shape index (κ2) is 3.82. The molecule has 4 nitrogen and oxygen atoms in total. The van der Waals surface area contributed by atoms with E-state index in [0.29, 0.717) is 0 Å². The van der Waals surface area contributed by atoms with E-state index in [4.69, 9.17) is 5.26 Å². The van der Waals surface area contributed by atoms with Crippen molar-refractivity contribution in [3.8, 4) is 6.07 Å². The molecule has 1 N–H and O–H groups in total. The van der Waals surface area contributed by atoms with E-state index in [9.17, 15) is 4.79 Å². The highest BCUT2D eigenvalue weighted by molar-refractivity contribution is 5.86. The number of rotatable bonds is 2. The predicted molar refractivity (Wildman–Crippen MR) is 55.9 cm³/mol. The molecule has 0 aromatic heterocycles. The number of nitrogens with zero attached hydrogens (tertiary/aromatic N) is 2. The zero-order chi connectivity index (χ0) is 10.9. The quantitative estimate of drug-likeness (QED) is 0.717. The summed E-state index contributed by atoms with van der Waals surface area (Å²) >= 11 is 0. The molecule has 1 unspecified atom stereocenters. The van der Waals surface area contributed by atoms with Crippen molar-refractivity contribution in [2.75, 3.05) is 20.1 Å². The van der Waals surface area contributed by atoms with Crippen LogP contribution in [0, 0.1) is 16.7 Å². The maximum absolute atomic E-state index is 11.9. The van der Waals surface area contributed by atoms with Gasteiger partial charge in [-0.25, -0.2) is 0 Å². The molecule has 15 heavy (non-hydrogen) atoms. The molecule has 1 saturated carbocycles. The summed E-state index contributed by atoms with van der Waals surface area (Å²) in [4.78, 5) is 14.1. The van der Waals surface area contributed by atoms with Crippen LogP contribution in [0.4, 0.5) is 0 Å². The fourth-order valence-corrected chi connectivity index (χ4v) is 2.30. The van der Waals surface area contributed by atoms with E-state index in [0.717, 1.165) is 38.8 Å². The lowest BCUT2D eigenvalue weighted by Crippen LogP contribution is -2.48. The summed E-state index contributed by atoms with van der Waals surface area (Å²) in [6, 6.07) is 2.42. The Hall–Kier alpha value is -1.08. The van der Waals surface area contributed by atoms with Gasteiger partial charge in [-0.3, -0.25) is 4.79 Å². The Morgan fingerprint density at radius 1 is 1.60 bits per heavy atom. The molecule has 0 aromatic carbocycles. The molecule has 1 saturated heterocycles. The molecule has 82 valence electrons. The first-order chi connectivity index (χ1) is 7.16. The fraction of sp³-hybridized carbons (Fsp3) is 0.818. The smallest absolute Gasteiger partial charge is 0.240 e. The van der Waals surface area contributed by atoms with Crippen LogP contribution < -0.4 is 5.32 Å². The zero-order valence-corrected chi connectivity index (χ0v) is 9.12. The molecule has 2 rings (SSSR count). The third-order valence-corrected chi connectivity index (χ3v) is 3.58. The van der Waals surface area contributed by atoms with Gasteiger partial charge < -0.3 is 10.2 Å². The van der Waals surface area contributed by atoms with Crippen molar-refractivity contribution in [1.82, 2.24) is 10.2 Å². The van der Waals surface area contributed by atoms with Crippen molar-refractivity contribution in [2.45, 2.75) is 31.7 Å². The van der Waals surface area contributed by atoms with Gasteiger partial charge in [-0.1, -0.05) is 0 Å². The number of carbonyl (C=O) groups excluding carboxylic acids is 1. The average molecular weight is 207 g/mol. The SMILES string of the molecule is CN1CCC(NC(=O)C2(C#N)CCC2)C1. The summed E-state index contributed by atoms with van der Waals surface area (Å²) in [5.74, 6) is -0.0449. The van der Waals surface area contributed by atoms with Crippen LogP contribution in [0.15, 0.2) is 0 Å². The average Bonchev–Trinajstić information content (AvgIpc) is 2.50. The highest BCUT2D eigenvalue weighted by atomic mass is 16.2. The second-order valence-corrected chi connectivity index (χ2v) is 4.77. The molecule has 2 fully saturated rings. The second-order valence-electron chi connectivity index (χ2n) is 4.77. The molecule has 1 amide bonds. The lowest BCUT2D eigenvalue weighted by molar-refractivity contribution is -0.132. The van der Waals surface area contributed by atoms with Gasteiger partial charge in [0.05, 0.1) is 6.07 Å². The number of amides is 1. The summed E-state index contributed by atoms with van der Waals surface area (Å²) in [6.07, 6.45) is 3.48. The molecule has 1 aliphatic heterocycles. The molecule has 2 aliphatic rings. The predicted octanol–water partition coefficient (Wildman–Crippen LogP) is 0.501. The van der Waals surface area contributed by atoms with Crippen LogP contribution >= 0.6 is 0 Å². The van der Waals surface area contributed by atoms with Gasteiger partial charge in [0.1, 0.15) is 5.41 Å². The Morgan fingerprint density at radius 3 is 2.73 bits per heavy atom. The Labute approximate surface area is 90.2 Å². The first-order valence-electron chi connectivity index (χ1n) is 5.57. The number of carbonyl (C=O) groups is 1. The molecule has 0 aromatic rings. The summed E-state index contributed by atoms with van der Waals surface area (Å²) < 4.78 is 0. The first kappa shape index (κ1) is 10.4. The van der Waals surface area contributed by atoms with E-state index >= 15 is 0 Å². The third kappa shape index (κ3) is 1.84. The van der Waals surface area contributed by atoms with Crippen LogP contribution in [-0.4, -0.2) is 37.0 Å². The molecular weight excluding hydrogens is 190 g/mol. The summed E-state index contributed by atoms with van der Waals surface area (Å²) in [5.41, 5.74) is -0.693. The summed E-state index contributed by atoms with van der Waals surface area (Å²) in [6.45, 7) is 1.94. The van der Waals surface area contributed by atoms with E-state index in [1.165, 1.54) is 0 Å². The molecule has 1 heterocycles. The lowest BCUT2D eigenvalue weighted by Gasteiger charge is -2.34. The normalized spacial score (nSPS) is 29.2. The standard InChI is InChI=1S/C11H17N3O/c1-14-6-3-9(7-14)13-10(15)11(8-12)4-2-5-11/h9H,2-7H2,1H3,(H,13,15). The van der Waals surface area contributed by atoms with Crippen molar-refractivity contribution < 1.29 is 4.79 Å². The van der Waals surface area contributed by atoms with E-state index < -0.39 is 5.41 Å². The maximum atomic E-state index is 11.9. The van der Waals surface area contributed by atoms with E-state index in [-0.39, 0.29) is 11.9 Å². The van der Waals surface area contributed by atoms with Crippen molar-refractivity contribution in [3.05, 3.63) is 0 Å². The van der Waals surface area contributed by atoms with Crippen LogP contribution in [0.5, 0.6) is 0 Å². The number of likely N-dealkylation sites (N-methyl/N-ethyl adjacent to an activating group) is 1. The van der Waals surface area contributed by atoms with Gasteiger partial charge in [-0.15, -0.1) is 0 Å². The molecule has 0 spiro atoms. The van der Waals surface area contributed by atoms with Gasteiger partial charge in [-0.05, 0) is 39.3 Å². The highest BCUT2D eigenvalue weighted by Gasteiger charge is 2.45. The van der Waals surface area contributed by atoms with Crippen molar-refractivity contribution in [2.24, 2.45) is 5.41 Å². The van der Waals surface area contributed by atoms with E-state index in [1.807, 2.05) is 0 Å². The lowest BCUT2D eigenvalue weighted by atomic mass is 9.69. The van der Waals surface area contributed by atoms with Gasteiger partial charge in [0.15, 0.2) is 0 Å². The molecular formula is C11H17N3O. The van der Waals surface area contributed by atoms with E-state index in [1.54, 1.807) is 0 Å². The molecule has 0 bridgehead atoms. The zero-order valence-electron chi connectivity index (χ0n) is 9.12. The van der Waals surface area contributed by atoms with Gasteiger partial charge in [0, 0.05) is 12.6 Å². The number of nitrogens with one attached hydrogen (secondary N) is 1. The Bertz CT molecular complexity index is 303. The summed E-state index contributed by atoms with van der Waals surface area (Å²) in [5, 5.41) is 12.0. The van der Waals surface area contributed by atoms with Crippen LogP contribution in [0.3, 0.4) is 0 Å². The van der Waals surface area contributed by atoms with Crippen molar-refractivity contribution >= 4 is 5.91 Å². The van der Waals surface area contributed by atoms with Crippen LogP contribution in [-0.2, 0) is 4.79 Å². The Kier molecular flexibility index (Phi) is 2.66. The minimum Gasteiger partial charge on any atom is -0.351 e. The van der Waals surface area contributed by atoms with Crippen LogP contribution in [0.1, 0.15) is 25.7 Å². The van der Waals surface area contributed by atoms with Crippen molar-refractivity contribution in [3.63, 3.8) is 0 Å². The van der Waals surface area contributed by atoms with Crippen LogP contribution in [0.25, 0.3) is 0 Å². The highest BCUT2D eigenvalue weighted by Crippen LogP contribution is 2.40. The number of nitriles is 1. The van der Waals surface area contributed by atoms with Crippen LogP contribution in [0.2, 0.25) is 0 Å². The van der Waals surface area contributed by atoms with Gasteiger partial charge in [0.2, 0.25) is 5.91 Å². The topological polar surface area (TPSA) is 56.1 Å². The first-order valence-corrected chi connectivity index (χ1v) is 5.57. The largest absolute Gasteiger partial charge is 0.351 e. The molecule has 0 radical (unpaired) electrons.